The van der Waals surface area contributed by atoms with Gasteiger partial charge in [-0.1, -0.05) is 54.1 Å². The molecule has 0 aliphatic heterocycles. The summed E-state index contributed by atoms with van der Waals surface area (Å²) in [7, 11) is -3.28. The predicted octanol–water partition coefficient (Wildman–Crippen LogP) is 5.40. The summed E-state index contributed by atoms with van der Waals surface area (Å²) >= 11 is 6.24. The van der Waals surface area contributed by atoms with Crippen LogP contribution in [-0.4, -0.2) is 14.7 Å². The van der Waals surface area contributed by atoms with Gasteiger partial charge >= 0.3 is 0 Å². The van der Waals surface area contributed by atoms with Crippen LogP contribution in [0.25, 0.3) is 11.6 Å². The Bertz CT molecular complexity index is 1170. The summed E-state index contributed by atoms with van der Waals surface area (Å²) in [5.74, 6) is 0. The van der Waals surface area contributed by atoms with E-state index in [1.807, 2.05) is 18.2 Å². The van der Waals surface area contributed by atoms with Crippen molar-refractivity contribution in [2.45, 2.75) is 12.8 Å². The van der Waals surface area contributed by atoms with Crippen molar-refractivity contribution in [3.8, 4) is 0 Å². The molecule has 0 saturated heterocycles. The Morgan fingerprint density at radius 2 is 1.57 bits per heavy atom. The molecule has 1 aliphatic carbocycles. The summed E-state index contributed by atoms with van der Waals surface area (Å²) in [4.78, 5) is 0. The Morgan fingerprint density at radius 1 is 0.893 bits per heavy atom. The highest BCUT2D eigenvalue weighted by Gasteiger charge is 2.18. The second-order valence-corrected chi connectivity index (χ2v) is 9.20. The number of rotatable bonds is 3. The van der Waals surface area contributed by atoms with Crippen LogP contribution in [0.15, 0.2) is 66.7 Å². The smallest absolute Gasteiger partial charge is 0.229 e. The molecule has 0 fully saturated rings. The van der Waals surface area contributed by atoms with Crippen LogP contribution >= 0.6 is 11.6 Å². The summed E-state index contributed by atoms with van der Waals surface area (Å²) in [5, 5.41) is 0.750. The van der Waals surface area contributed by atoms with E-state index in [2.05, 4.69) is 47.2 Å². The fourth-order valence-corrected chi connectivity index (χ4v) is 4.39. The van der Waals surface area contributed by atoms with Crippen LogP contribution in [0.3, 0.4) is 0 Å². The van der Waals surface area contributed by atoms with Gasteiger partial charge in [0.25, 0.3) is 0 Å². The molecule has 0 amide bonds. The van der Waals surface area contributed by atoms with Crippen molar-refractivity contribution in [2.75, 3.05) is 11.0 Å². The maximum Gasteiger partial charge on any atom is 0.229 e. The fraction of sp³-hybridized carbons (Fsp3) is 0.130. The van der Waals surface area contributed by atoms with Crippen molar-refractivity contribution < 1.29 is 8.42 Å². The highest BCUT2D eigenvalue weighted by Crippen LogP contribution is 2.36. The summed E-state index contributed by atoms with van der Waals surface area (Å²) in [5.41, 5.74) is 7.68. The summed E-state index contributed by atoms with van der Waals surface area (Å²) in [6.07, 6.45) is 5.22. The third-order valence-electron chi connectivity index (χ3n) is 4.85. The zero-order valence-electron chi connectivity index (χ0n) is 15.4. The molecule has 0 saturated carbocycles. The van der Waals surface area contributed by atoms with E-state index in [-0.39, 0.29) is 0 Å². The van der Waals surface area contributed by atoms with Gasteiger partial charge in [-0.3, -0.25) is 4.72 Å². The first-order valence-corrected chi connectivity index (χ1v) is 11.3. The van der Waals surface area contributed by atoms with Crippen molar-refractivity contribution >= 4 is 39.0 Å². The quantitative estimate of drug-likeness (QED) is 0.629. The lowest BCUT2D eigenvalue weighted by atomic mass is 9.92. The Kier molecular flexibility index (Phi) is 5.00. The molecule has 1 N–H and O–H groups in total. The molecular formula is C23H20ClNO2S. The molecule has 0 atom stereocenters. The monoisotopic (exact) mass is 409 g/mol. The topological polar surface area (TPSA) is 46.2 Å². The first-order valence-electron chi connectivity index (χ1n) is 9.06. The molecule has 1 aliphatic rings. The van der Waals surface area contributed by atoms with Crippen molar-refractivity contribution in [3.05, 3.63) is 99.6 Å². The van der Waals surface area contributed by atoms with Crippen molar-refractivity contribution in [2.24, 2.45) is 0 Å². The van der Waals surface area contributed by atoms with E-state index in [9.17, 15) is 8.42 Å². The second kappa shape index (κ2) is 7.46. The molecule has 3 aromatic carbocycles. The number of halogens is 1. The van der Waals surface area contributed by atoms with Crippen molar-refractivity contribution in [1.82, 2.24) is 0 Å². The van der Waals surface area contributed by atoms with Crippen molar-refractivity contribution in [3.63, 3.8) is 0 Å². The summed E-state index contributed by atoms with van der Waals surface area (Å²) in [6, 6.07) is 21.9. The molecule has 3 nitrogen and oxygen atoms in total. The van der Waals surface area contributed by atoms with Crippen molar-refractivity contribution in [1.29, 1.82) is 0 Å². The summed E-state index contributed by atoms with van der Waals surface area (Å²) in [6.45, 7) is 0. The van der Waals surface area contributed by atoms with E-state index in [0.29, 0.717) is 5.69 Å². The molecule has 0 bridgehead atoms. The molecule has 0 spiro atoms. The molecule has 3 aromatic rings. The second-order valence-electron chi connectivity index (χ2n) is 7.01. The lowest BCUT2D eigenvalue weighted by molar-refractivity contribution is 0.607. The number of nitrogens with one attached hydrogen (secondary N) is 1. The Balaban J connectivity index is 1.82. The molecule has 5 heteroatoms. The lowest BCUT2D eigenvalue weighted by Gasteiger charge is -2.13. The lowest BCUT2D eigenvalue weighted by Crippen LogP contribution is -2.09. The van der Waals surface area contributed by atoms with E-state index in [1.165, 1.54) is 22.3 Å². The van der Waals surface area contributed by atoms with Crippen LogP contribution < -0.4 is 4.72 Å². The molecule has 0 aromatic heterocycles. The zero-order valence-corrected chi connectivity index (χ0v) is 17.0. The molecule has 142 valence electrons. The van der Waals surface area contributed by atoms with E-state index < -0.39 is 10.0 Å². The van der Waals surface area contributed by atoms with Crippen LogP contribution in [0, 0.1) is 0 Å². The number of benzene rings is 3. The first kappa shape index (κ1) is 18.8. The van der Waals surface area contributed by atoms with Gasteiger partial charge in [-0.25, -0.2) is 8.42 Å². The Morgan fingerprint density at radius 3 is 2.32 bits per heavy atom. The van der Waals surface area contributed by atoms with Gasteiger partial charge < -0.3 is 0 Å². The van der Waals surface area contributed by atoms with Gasteiger partial charge in [-0.05, 0) is 76.6 Å². The minimum Gasteiger partial charge on any atom is -0.284 e. The SMILES string of the molecule is CS(=O)(=O)Nc1ccc(C=C2c3ccccc3CCc3cc(Cl)ccc32)cc1. The molecule has 0 radical (unpaired) electrons. The van der Waals surface area contributed by atoms with E-state index in [1.54, 1.807) is 12.1 Å². The maximum absolute atomic E-state index is 11.4. The van der Waals surface area contributed by atoms with Crippen LogP contribution in [0.2, 0.25) is 5.02 Å². The van der Waals surface area contributed by atoms with Crippen LogP contribution in [0.5, 0.6) is 0 Å². The molecule has 0 unspecified atom stereocenters. The average Bonchev–Trinajstić information content (AvgIpc) is 2.79. The van der Waals surface area contributed by atoms with Gasteiger partial charge in [0.2, 0.25) is 10.0 Å². The van der Waals surface area contributed by atoms with Crippen LogP contribution in [-0.2, 0) is 22.9 Å². The molecule has 4 rings (SSSR count). The number of sulfonamides is 1. The molecule has 0 heterocycles. The van der Waals surface area contributed by atoms with Gasteiger partial charge in [0.1, 0.15) is 0 Å². The van der Waals surface area contributed by atoms with Gasteiger partial charge in [0.05, 0.1) is 6.26 Å². The highest BCUT2D eigenvalue weighted by atomic mass is 35.5. The normalized spacial score (nSPS) is 14.9. The number of anilines is 1. The van der Waals surface area contributed by atoms with E-state index >= 15 is 0 Å². The third kappa shape index (κ3) is 4.13. The highest BCUT2D eigenvalue weighted by molar-refractivity contribution is 7.92. The van der Waals surface area contributed by atoms with E-state index in [4.69, 9.17) is 11.6 Å². The average molecular weight is 410 g/mol. The Labute approximate surface area is 170 Å². The number of hydrogen-bond donors (Lipinski definition) is 1. The minimum atomic E-state index is -3.28. The molecular weight excluding hydrogens is 390 g/mol. The third-order valence-corrected chi connectivity index (χ3v) is 5.70. The maximum atomic E-state index is 11.4. The standard InChI is InChI=1S/C23H20ClNO2S/c1-28(26,27)25-20-11-6-16(7-12-20)14-23-21-5-3-2-4-17(21)8-9-18-15-19(24)10-13-22(18)23/h2-7,10-15,25H,8-9H2,1H3. The predicted molar refractivity (Wildman–Crippen MR) is 117 cm³/mol. The van der Waals surface area contributed by atoms with Crippen LogP contribution in [0.1, 0.15) is 27.8 Å². The number of hydrogen-bond acceptors (Lipinski definition) is 2. The number of fused-ring (bicyclic) bond motifs is 2. The fourth-order valence-electron chi connectivity index (χ4n) is 3.63. The van der Waals surface area contributed by atoms with Gasteiger partial charge in [0.15, 0.2) is 0 Å². The number of aryl methyl sites for hydroxylation is 2. The van der Waals surface area contributed by atoms with E-state index in [0.717, 1.165) is 35.3 Å². The zero-order chi connectivity index (χ0) is 19.7. The minimum absolute atomic E-state index is 0.554. The van der Waals surface area contributed by atoms with Gasteiger partial charge in [0, 0.05) is 10.7 Å². The molecule has 28 heavy (non-hydrogen) atoms. The summed E-state index contributed by atoms with van der Waals surface area (Å²) < 4.78 is 25.3. The van der Waals surface area contributed by atoms with Gasteiger partial charge in [-0.15, -0.1) is 0 Å². The largest absolute Gasteiger partial charge is 0.284 e. The Hall–Kier alpha value is -2.56. The van der Waals surface area contributed by atoms with Crippen LogP contribution in [0.4, 0.5) is 5.69 Å². The van der Waals surface area contributed by atoms with Gasteiger partial charge in [-0.2, -0.15) is 0 Å². The first-order chi connectivity index (χ1) is 13.4.